The van der Waals surface area contributed by atoms with Crippen molar-refractivity contribution < 1.29 is 5.11 Å². The zero-order valence-electron chi connectivity index (χ0n) is 13.4. The van der Waals surface area contributed by atoms with Gasteiger partial charge in [0.05, 0.1) is 11.0 Å². The molecular weight excluding hydrogens is 296 g/mol. The van der Waals surface area contributed by atoms with E-state index in [2.05, 4.69) is 16.7 Å². The van der Waals surface area contributed by atoms with E-state index in [-0.39, 0.29) is 0 Å². The Bertz CT molecular complexity index is 975. The topological polar surface area (TPSA) is 38.0 Å². The predicted octanol–water partition coefficient (Wildman–Crippen LogP) is 4.32. The summed E-state index contributed by atoms with van der Waals surface area (Å²) in [5.74, 6) is 0.928. The van der Waals surface area contributed by atoms with Crippen LogP contribution in [-0.2, 0) is 7.05 Å². The van der Waals surface area contributed by atoms with Gasteiger partial charge in [-0.2, -0.15) is 0 Å². The first-order valence-corrected chi connectivity index (χ1v) is 7.99. The minimum atomic E-state index is -0.634. The second kappa shape index (κ2) is 5.95. The van der Waals surface area contributed by atoms with Crippen molar-refractivity contribution in [2.45, 2.75) is 6.10 Å². The van der Waals surface area contributed by atoms with E-state index in [1.165, 1.54) is 0 Å². The molecule has 0 bridgehead atoms. The minimum absolute atomic E-state index is 0.634. The van der Waals surface area contributed by atoms with Gasteiger partial charge in [-0.3, -0.25) is 0 Å². The lowest BCUT2D eigenvalue weighted by Gasteiger charge is -2.11. The van der Waals surface area contributed by atoms with Crippen molar-refractivity contribution in [3.63, 3.8) is 0 Å². The zero-order valence-corrected chi connectivity index (χ0v) is 13.4. The normalized spacial score (nSPS) is 12.4. The van der Waals surface area contributed by atoms with Crippen LogP contribution in [0.15, 0.2) is 78.9 Å². The van der Waals surface area contributed by atoms with Gasteiger partial charge >= 0.3 is 0 Å². The summed E-state index contributed by atoms with van der Waals surface area (Å²) in [5, 5.41) is 10.6. The maximum absolute atomic E-state index is 10.6. The van der Waals surface area contributed by atoms with Crippen molar-refractivity contribution in [2.24, 2.45) is 7.05 Å². The van der Waals surface area contributed by atoms with Gasteiger partial charge in [0.2, 0.25) is 0 Å². The number of hydrogen-bond donors (Lipinski definition) is 1. The quantitative estimate of drug-likeness (QED) is 0.611. The summed E-state index contributed by atoms with van der Waals surface area (Å²) in [4.78, 5) is 4.74. The number of aromatic nitrogens is 2. The van der Waals surface area contributed by atoms with Crippen LogP contribution >= 0.6 is 0 Å². The highest BCUT2D eigenvalue weighted by molar-refractivity contribution is 5.81. The van der Waals surface area contributed by atoms with Gasteiger partial charge < -0.3 is 9.67 Å². The lowest BCUT2D eigenvalue weighted by molar-refractivity contribution is 0.220. The van der Waals surface area contributed by atoms with Crippen LogP contribution < -0.4 is 0 Å². The van der Waals surface area contributed by atoms with Gasteiger partial charge in [-0.05, 0) is 23.3 Å². The van der Waals surface area contributed by atoms with Crippen molar-refractivity contribution in [1.29, 1.82) is 0 Å². The van der Waals surface area contributed by atoms with Crippen molar-refractivity contribution in [1.82, 2.24) is 9.55 Å². The maximum Gasteiger partial charge on any atom is 0.140 e. The Balaban J connectivity index is 1.80. The van der Waals surface area contributed by atoms with E-state index in [0.29, 0.717) is 0 Å². The number of aliphatic hydroxyl groups is 1. The van der Waals surface area contributed by atoms with E-state index >= 15 is 0 Å². The zero-order chi connectivity index (χ0) is 16.5. The molecule has 0 saturated carbocycles. The first-order valence-electron chi connectivity index (χ1n) is 7.99. The van der Waals surface area contributed by atoms with E-state index in [9.17, 15) is 5.11 Å². The smallest absolute Gasteiger partial charge is 0.140 e. The first kappa shape index (κ1) is 14.7. The van der Waals surface area contributed by atoms with Gasteiger partial charge in [0.1, 0.15) is 11.9 Å². The molecule has 24 heavy (non-hydrogen) atoms. The average Bonchev–Trinajstić information content (AvgIpc) is 2.99. The first-order chi connectivity index (χ1) is 11.7. The summed E-state index contributed by atoms with van der Waals surface area (Å²) < 4.78 is 2.08. The average molecular weight is 314 g/mol. The van der Waals surface area contributed by atoms with Crippen molar-refractivity contribution in [3.05, 3.63) is 90.0 Å². The SMILES string of the molecule is Cn1c(-c2ccccc2)nc2ccc(C(O)c3ccccc3)cc21. The predicted molar refractivity (Wildman–Crippen MR) is 96.7 cm³/mol. The fourth-order valence-corrected chi connectivity index (χ4v) is 3.05. The molecule has 1 unspecified atom stereocenters. The highest BCUT2D eigenvalue weighted by atomic mass is 16.3. The lowest BCUT2D eigenvalue weighted by Crippen LogP contribution is -2.00. The Hall–Kier alpha value is -2.91. The molecule has 0 aliphatic rings. The number of hydrogen-bond acceptors (Lipinski definition) is 2. The number of imidazole rings is 1. The van der Waals surface area contributed by atoms with Gasteiger partial charge in [0.15, 0.2) is 0 Å². The van der Waals surface area contributed by atoms with E-state index in [0.717, 1.165) is 33.5 Å². The highest BCUT2D eigenvalue weighted by Crippen LogP contribution is 2.28. The summed E-state index contributed by atoms with van der Waals surface area (Å²) in [7, 11) is 2.01. The molecule has 0 saturated heterocycles. The summed E-state index contributed by atoms with van der Waals surface area (Å²) in [6.07, 6.45) is -0.634. The summed E-state index contributed by atoms with van der Waals surface area (Å²) in [6, 6.07) is 25.8. The van der Waals surface area contributed by atoms with Crippen molar-refractivity contribution in [2.75, 3.05) is 0 Å². The molecule has 1 aromatic heterocycles. The Kier molecular flexibility index (Phi) is 3.63. The van der Waals surface area contributed by atoms with E-state index < -0.39 is 6.10 Å². The standard InChI is InChI=1S/C21H18N2O/c1-23-19-14-17(20(24)15-8-4-2-5-9-15)12-13-18(19)22-21(23)16-10-6-3-7-11-16/h2-14,20,24H,1H3. The highest BCUT2D eigenvalue weighted by Gasteiger charge is 2.14. The Morgan fingerprint density at radius 2 is 1.50 bits per heavy atom. The molecule has 3 nitrogen and oxygen atoms in total. The molecule has 1 atom stereocenters. The number of rotatable bonds is 3. The van der Waals surface area contributed by atoms with Gasteiger partial charge in [-0.1, -0.05) is 66.7 Å². The third-order valence-electron chi connectivity index (χ3n) is 4.37. The number of aryl methyl sites for hydroxylation is 1. The molecule has 1 heterocycles. The van der Waals surface area contributed by atoms with E-state index in [1.54, 1.807) is 0 Å². The lowest BCUT2D eigenvalue weighted by atomic mass is 10.0. The number of aliphatic hydroxyl groups excluding tert-OH is 1. The van der Waals surface area contributed by atoms with E-state index in [4.69, 9.17) is 4.98 Å². The van der Waals surface area contributed by atoms with Crippen LogP contribution in [0.5, 0.6) is 0 Å². The van der Waals surface area contributed by atoms with Crippen LogP contribution in [0.3, 0.4) is 0 Å². The molecule has 0 aliphatic heterocycles. The van der Waals surface area contributed by atoms with Crippen LogP contribution in [0.1, 0.15) is 17.2 Å². The van der Waals surface area contributed by atoms with Crippen LogP contribution in [0, 0.1) is 0 Å². The Morgan fingerprint density at radius 3 is 2.21 bits per heavy atom. The van der Waals surface area contributed by atoms with Gasteiger partial charge in [-0.25, -0.2) is 4.98 Å². The van der Waals surface area contributed by atoms with Crippen LogP contribution in [0.2, 0.25) is 0 Å². The third kappa shape index (κ3) is 2.49. The van der Waals surface area contributed by atoms with Gasteiger partial charge in [0, 0.05) is 12.6 Å². The summed E-state index contributed by atoms with van der Waals surface area (Å²) in [5.41, 5.74) is 4.79. The molecule has 0 radical (unpaired) electrons. The number of benzene rings is 3. The molecule has 0 aliphatic carbocycles. The molecule has 0 fully saturated rings. The molecule has 1 N–H and O–H groups in total. The summed E-state index contributed by atoms with van der Waals surface area (Å²) in [6.45, 7) is 0. The molecule has 4 rings (SSSR count). The van der Waals surface area contributed by atoms with Crippen molar-refractivity contribution >= 4 is 11.0 Å². The monoisotopic (exact) mass is 314 g/mol. The van der Waals surface area contributed by atoms with Crippen molar-refractivity contribution in [3.8, 4) is 11.4 Å². The second-order valence-corrected chi connectivity index (χ2v) is 5.92. The number of nitrogens with zero attached hydrogens (tertiary/aromatic N) is 2. The van der Waals surface area contributed by atoms with E-state index in [1.807, 2.05) is 73.8 Å². The molecule has 118 valence electrons. The maximum atomic E-state index is 10.6. The molecule has 3 heteroatoms. The Labute approximate surface area is 140 Å². The van der Waals surface area contributed by atoms with Gasteiger partial charge in [0.25, 0.3) is 0 Å². The van der Waals surface area contributed by atoms with Crippen LogP contribution in [0.25, 0.3) is 22.4 Å². The second-order valence-electron chi connectivity index (χ2n) is 5.92. The van der Waals surface area contributed by atoms with Crippen LogP contribution in [0.4, 0.5) is 0 Å². The fourth-order valence-electron chi connectivity index (χ4n) is 3.05. The summed E-state index contributed by atoms with van der Waals surface area (Å²) >= 11 is 0. The largest absolute Gasteiger partial charge is 0.384 e. The third-order valence-corrected chi connectivity index (χ3v) is 4.37. The fraction of sp³-hybridized carbons (Fsp3) is 0.0952. The van der Waals surface area contributed by atoms with Gasteiger partial charge in [-0.15, -0.1) is 0 Å². The Morgan fingerprint density at radius 1 is 0.833 bits per heavy atom. The minimum Gasteiger partial charge on any atom is -0.384 e. The molecule has 0 spiro atoms. The number of fused-ring (bicyclic) bond motifs is 1. The molecule has 0 amide bonds. The molecule has 3 aromatic carbocycles. The van der Waals surface area contributed by atoms with Crippen LogP contribution in [-0.4, -0.2) is 14.7 Å². The molecule has 4 aromatic rings. The molecular formula is C21H18N2O.